The third kappa shape index (κ3) is 3.93. The number of nitrogens with zero attached hydrogens (tertiary/aromatic N) is 2. The highest BCUT2D eigenvalue weighted by atomic mass is 16.5. The lowest BCUT2D eigenvalue weighted by Crippen LogP contribution is -2.33. The Morgan fingerprint density at radius 1 is 1.29 bits per heavy atom. The van der Waals surface area contributed by atoms with Crippen molar-refractivity contribution in [1.82, 2.24) is 14.9 Å². The molecule has 3 rings (SSSR count). The van der Waals surface area contributed by atoms with Crippen molar-refractivity contribution < 1.29 is 4.74 Å². The summed E-state index contributed by atoms with van der Waals surface area (Å²) in [4.78, 5) is 10.2. The highest BCUT2D eigenvalue weighted by Crippen LogP contribution is 2.17. The molecular weight excluding hydrogens is 262 g/mol. The van der Waals surface area contributed by atoms with Crippen molar-refractivity contribution in [2.24, 2.45) is 0 Å². The third-order valence-electron chi connectivity index (χ3n) is 3.91. The number of H-pyrrole nitrogens is 1. The lowest BCUT2D eigenvalue weighted by atomic mass is 10.1. The summed E-state index contributed by atoms with van der Waals surface area (Å²) in [6, 6.07) is 10.2. The molecular formula is C17H23N3O. The Labute approximate surface area is 126 Å². The van der Waals surface area contributed by atoms with Crippen LogP contribution in [-0.2, 0) is 11.3 Å². The molecule has 1 aliphatic rings. The first-order valence-electron chi connectivity index (χ1n) is 7.71. The van der Waals surface area contributed by atoms with Crippen molar-refractivity contribution in [2.75, 3.05) is 20.2 Å². The largest absolute Gasteiger partial charge is 0.377 e. The molecule has 2 aromatic rings. The van der Waals surface area contributed by atoms with Crippen LogP contribution in [0.1, 0.15) is 25.0 Å². The van der Waals surface area contributed by atoms with Gasteiger partial charge in [0.2, 0.25) is 0 Å². The first-order chi connectivity index (χ1) is 10.3. The van der Waals surface area contributed by atoms with Gasteiger partial charge in [-0.1, -0.05) is 30.3 Å². The number of hydrogen-bond donors (Lipinski definition) is 1. The molecule has 1 aromatic carbocycles. The van der Waals surface area contributed by atoms with Crippen molar-refractivity contribution in [3.05, 3.63) is 42.2 Å². The van der Waals surface area contributed by atoms with Crippen molar-refractivity contribution in [3.63, 3.8) is 0 Å². The topological polar surface area (TPSA) is 41.2 Å². The van der Waals surface area contributed by atoms with Gasteiger partial charge < -0.3 is 9.72 Å². The van der Waals surface area contributed by atoms with Gasteiger partial charge in [-0.25, -0.2) is 4.98 Å². The number of aromatic nitrogens is 2. The lowest BCUT2D eigenvalue weighted by molar-refractivity contribution is -0.00272. The SMILES string of the molecule is CN(Cc1cnc(-c2ccccc2)[nH]1)CC1CCCCO1. The highest BCUT2D eigenvalue weighted by Gasteiger charge is 2.16. The van der Waals surface area contributed by atoms with E-state index in [0.29, 0.717) is 6.10 Å². The molecule has 0 radical (unpaired) electrons. The number of likely N-dealkylation sites (N-methyl/N-ethyl adjacent to an activating group) is 1. The third-order valence-corrected chi connectivity index (χ3v) is 3.91. The first kappa shape index (κ1) is 14.3. The summed E-state index contributed by atoms with van der Waals surface area (Å²) in [7, 11) is 2.14. The van der Waals surface area contributed by atoms with Gasteiger partial charge in [-0.3, -0.25) is 4.90 Å². The molecule has 0 spiro atoms. The molecule has 1 saturated heterocycles. The quantitative estimate of drug-likeness (QED) is 0.918. The summed E-state index contributed by atoms with van der Waals surface area (Å²) in [6.45, 7) is 2.78. The smallest absolute Gasteiger partial charge is 0.137 e. The van der Waals surface area contributed by atoms with Gasteiger partial charge in [-0.15, -0.1) is 0 Å². The maximum atomic E-state index is 5.79. The van der Waals surface area contributed by atoms with E-state index in [2.05, 4.69) is 34.0 Å². The Kier molecular flexibility index (Phi) is 4.68. The fourth-order valence-corrected chi connectivity index (χ4v) is 2.84. The summed E-state index contributed by atoms with van der Waals surface area (Å²) in [6.07, 6.45) is 6.01. The van der Waals surface area contributed by atoms with Crippen molar-refractivity contribution >= 4 is 0 Å². The number of ether oxygens (including phenoxy) is 1. The fourth-order valence-electron chi connectivity index (χ4n) is 2.84. The maximum Gasteiger partial charge on any atom is 0.137 e. The summed E-state index contributed by atoms with van der Waals surface area (Å²) < 4.78 is 5.79. The average Bonchev–Trinajstić information content (AvgIpc) is 2.97. The molecule has 1 N–H and O–H groups in total. The second-order valence-electron chi connectivity index (χ2n) is 5.81. The summed E-state index contributed by atoms with van der Waals surface area (Å²) in [5, 5.41) is 0. The second-order valence-corrected chi connectivity index (χ2v) is 5.81. The number of rotatable bonds is 5. The predicted molar refractivity (Wildman–Crippen MR) is 83.9 cm³/mol. The molecule has 1 atom stereocenters. The van der Waals surface area contributed by atoms with Crippen LogP contribution in [0.2, 0.25) is 0 Å². The van der Waals surface area contributed by atoms with E-state index in [1.54, 1.807) is 0 Å². The van der Waals surface area contributed by atoms with Gasteiger partial charge in [-0.05, 0) is 26.3 Å². The Morgan fingerprint density at radius 2 is 2.14 bits per heavy atom. The highest BCUT2D eigenvalue weighted by molar-refractivity contribution is 5.54. The predicted octanol–water partition coefficient (Wildman–Crippen LogP) is 3.08. The number of hydrogen-bond acceptors (Lipinski definition) is 3. The van der Waals surface area contributed by atoms with Gasteiger partial charge in [0.1, 0.15) is 5.82 Å². The molecule has 0 amide bonds. The molecule has 4 heteroatoms. The average molecular weight is 285 g/mol. The molecule has 1 aliphatic heterocycles. The van der Waals surface area contributed by atoms with Crippen LogP contribution in [0.4, 0.5) is 0 Å². The van der Waals surface area contributed by atoms with Crippen LogP contribution in [0.5, 0.6) is 0 Å². The maximum absolute atomic E-state index is 5.79. The molecule has 0 aliphatic carbocycles. The van der Waals surface area contributed by atoms with E-state index < -0.39 is 0 Å². The summed E-state index contributed by atoms with van der Waals surface area (Å²) >= 11 is 0. The van der Waals surface area contributed by atoms with Gasteiger partial charge >= 0.3 is 0 Å². The van der Waals surface area contributed by atoms with Gasteiger partial charge in [0, 0.05) is 37.2 Å². The molecule has 2 heterocycles. The minimum atomic E-state index is 0.389. The van der Waals surface area contributed by atoms with Crippen LogP contribution in [0.15, 0.2) is 36.5 Å². The second kappa shape index (κ2) is 6.87. The van der Waals surface area contributed by atoms with Crippen LogP contribution in [0.3, 0.4) is 0 Å². The van der Waals surface area contributed by atoms with Crippen LogP contribution < -0.4 is 0 Å². The molecule has 1 unspecified atom stereocenters. The summed E-state index contributed by atoms with van der Waals surface area (Å²) in [5.41, 5.74) is 2.27. The molecule has 0 bridgehead atoms. The normalized spacial score (nSPS) is 19.0. The molecule has 1 fully saturated rings. The van der Waals surface area contributed by atoms with Gasteiger partial charge in [0.25, 0.3) is 0 Å². The zero-order valence-electron chi connectivity index (χ0n) is 12.6. The number of aromatic amines is 1. The van der Waals surface area contributed by atoms with Crippen LogP contribution in [-0.4, -0.2) is 41.2 Å². The Morgan fingerprint density at radius 3 is 2.90 bits per heavy atom. The lowest BCUT2D eigenvalue weighted by Gasteiger charge is -2.27. The Hall–Kier alpha value is -1.65. The van der Waals surface area contributed by atoms with E-state index in [4.69, 9.17) is 4.74 Å². The Bertz CT molecular complexity index is 546. The minimum Gasteiger partial charge on any atom is -0.377 e. The standard InChI is InChI=1S/C17H23N3O/c1-20(13-16-9-5-6-10-21-16)12-15-11-18-17(19-15)14-7-3-2-4-8-14/h2-4,7-8,11,16H,5-6,9-10,12-13H2,1H3,(H,18,19). The van der Waals surface area contributed by atoms with E-state index in [1.165, 1.54) is 19.3 Å². The van der Waals surface area contributed by atoms with Crippen LogP contribution in [0, 0.1) is 0 Å². The van der Waals surface area contributed by atoms with Crippen LogP contribution >= 0.6 is 0 Å². The van der Waals surface area contributed by atoms with Crippen molar-refractivity contribution in [3.8, 4) is 11.4 Å². The van der Waals surface area contributed by atoms with E-state index >= 15 is 0 Å². The molecule has 1 aromatic heterocycles. The number of imidazole rings is 1. The number of nitrogens with one attached hydrogen (secondary N) is 1. The molecule has 112 valence electrons. The Balaban J connectivity index is 1.56. The van der Waals surface area contributed by atoms with Gasteiger partial charge in [0.05, 0.1) is 6.10 Å². The molecule has 21 heavy (non-hydrogen) atoms. The monoisotopic (exact) mass is 285 g/mol. The van der Waals surface area contributed by atoms with E-state index in [0.717, 1.165) is 36.8 Å². The van der Waals surface area contributed by atoms with E-state index in [9.17, 15) is 0 Å². The van der Waals surface area contributed by atoms with Crippen molar-refractivity contribution in [2.45, 2.75) is 31.9 Å². The van der Waals surface area contributed by atoms with E-state index in [-0.39, 0.29) is 0 Å². The zero-order chi connectivity index (χ0) is 14.5. The van der Waals surface area contributed by atoms with Crippen LogP contribution in [0.25, 0.3) is 11.4 Å². The van der Waals surface area contributed by atoms with Gasteiger partial charge in [-0.2, -0.15) is 0 Å². The molecule has 0 saturated carbocycles. The molecule has 4 nitrogen and oxygen atoms in total. The zero-order valence-corrected chi connectivity index (χ0v) is 12.6. The van der Waals surface area contributed by atoms with E-state index in [1.807, 2.05) is 24.4 Å². The minimum absolute atomic E-state index is 0.389. The fraction of sp³-hybridized carbons (Fsp3) is 0.471. The first-order valence-corrected chi connectivity index (χ1v) is 7.71. The summed E-state index contributed by atoms with van der Waals surface area (Å²) in [5.74, 6) is 0.938. The van der Waals surface area contributed by atoms with Gasteiger partial charge in [0.15, 0.2) is 0 Å². The number of benzene rings is 1. The van der Waals surface area contributed by atoms with Crippen molar-refractivity contribution in [1.29, 1.82) is 0 Å².